The number of allylic oxidation sites excluding steroid dienone is 1. The van der Waals surface area contributed by atoms with Gasteiger partial charge in [-0.1, -0.05) is 55.1 Å². The summed E-state index contributed by atoms with van der Waals surface area (Å²) >= 11 is 1.76. The van der Waals surface area contributed by atoms with Gasteiger partial charge in [0.1, 0.15) is 0 Å². The standard InChI is InChI=1S/C17H23NOS/c1-13-9-10-16(20-15-7-5-4-6-8-15)11-14(17(13)19)12-18(2)3/h4-11,13-14,17,19H,12H2,1-3H3/t13-,14+,17-/m0/s1. The SMILES string of the molecule is C[C@H]1C=CC(Sc2ccccc2)=C[C@H](CN(C)C)[C@H]1O. The average Bonchev–Trinajstić information content (AvgIpc) is 2.54. The van der Waals surface area contributed by atoms with E-state index in [0.717, 1.165) is 6.54 Å². The Labute approximate surface area is 126 Å². The third kappa shape index (κ3) is 4.23. The Morgan fingerprint density at radius 1 is 1.20 bits per heavy atom. The van der Waals surface area contributed by atoms with Crippen LogP contribution in [0.4, 0.5) is 0 Å². The highest BCUT2D eigenvalue weighted by atomic mass is 32.2. The van der Waals surface area contributed by atoms with Gasteiger partial charge >= 0.3 is 0 Å². The molecule has 1 aromatic carbocycles. The molecule has 1 aliphatic rings. The van der Waals surface area contributed by atoms with E-state index < -0.39 is 0 Å². The van der Waals surface area contributed by atoms with Crippen molar-refractivity contribution >= 4 is 11.8 Å². The van der Waals surface area contributed by atoms with Crippen LogP contribution in [0.5, 0.6) is 0 Å². The van der Waals surface area contributed by atoms with E-state index in [1.807, 2.05) is 20.2 Å². The second-order valence-electron chi connectivity index (χ2n) is 5.62. The van der Waals surface area contributed by atoms with Crippen molar-refractivity contribution in [2.75, 3.05) is 20.6 Å². The number of hydrogen-bond acceptors (Lipinski definition) is 3. The Hall–Kier alpha value is -1.03. The summed E-state index contributed by atoms with van der Waals surface area (Å²) in [4.78, 5) is 4.58. The molecular formula is C17H23NOS. The molecule has 1 aromatic rings. The average molecular weight is 289 g/mol. The molecule has 2 nitrogen and oxygen atoms in total. The molecule has 0 heterocycles. The first-order chi connectivity index (χ1) is 9.56. The Kier molecular flexibility index (Phi) is 5.46. The van der Waals surface area contributed by atoms with E-state index in [2.05, 4.69) is 54.3 Å². The van der Waals surface area contributed by atoms with Gasteiger partial charge in [0.05, 0.1) is 6.10 Å². The third-order valence-corrected chi connectivity index (χ3v) is 4.49. The van der Waals surface area contributed by atoms with Gasteiger partial charge in [-0.15, -0.1) is 0 Å². The molecule has 0 saturated carbocycles. The summed E-state index contributed by atoms with van der Waals surface area (Å²) in [5.74, 6) is 0.353. The van der Waals surface area contributed by atoms with Crippen molar-refractivity contribution in [3.63, 3.8) is 0 Å². The van der Waals surface area contributed by atoms with E-state index in [1.54, 1.807) is 11.8 Å². The first-order valence-corrected chi connectivity index (χ1v) is 7.83. The van der Waals surface area contributed by atoms with Gasteiger partial charge in [0.25, 0.3) is 0 Å². The molecule has 3 heteroatoms. The lowest BCUT2D eigenvalue weighted by atomic mass is 9.93. The van der Waals surface area contributed by atoms with E-state index in [4.69, 9.17) is 0 Å². The fraction of sp³-hybridized carbons (Fsp3) is 0.412. The minimum Gasteiger partial charge on any atom is -0.392 e. The molecule has 1 aliphatic carbocycles. The molecule has 0 aliphatic heterocycles. The Morgan fingerprint density at radius 2 is 1.90 bits per heavy atom. The van der Waals surface area contributed by atoms with Crippen LogP contribution in [-0.2, 0) is 0 Å². The quantitative estimate of drug-likeness (QED) is 0.919. The van der Waals surface area contributed by atoms with Gasteiger partial charge in [-0.3, -0.25) is 0 Å². The van der Waals surface area contributed by atoms with Crippen LogP contribution in [0.3, 0.4) is 0 Å². The maximum atomic E-state index is 10.4. The highest BCUT2D eigenvalue weighted by Crippen LogP contribution is 2.32. The van der Waals surface area contributed by atoms with Crippen molar-refractivity contribution < 1.29 is 5.11 Å². The summed E-state index contributed by atoms with van der Waals surface area (Å²) in [6, 6.07) is 10.4. The Morgan fingerprint density at radius 3 is 2.55 bits per heavy atom. The molecule has 2 rings (SSSR count). The monoisotopic (exact) mass is 289 g/mol. The van der Waals surface area contributed by atoms with E-state index >= 15 is 0 Å². The summed E-state index contributed by atoms with van der Waals surface area (Å²) in [5.41, 5.74) is 0. The molecule has 0 radical (unpaired) electrons. The molecular weight excluding hydrogens is 266 g/mol. The molecule has 1 N–H and O–H groups in total. The molecule has 0 unspecified atom stereocenters. The van der Waals surface area contributed by atoms with Gasteiger partial charge in [0.2, 0.25) is 0 Å². The fourth-order valence-corrected chi connectivity index (χ4v) is 3.35. The summed E-state index contributed by atoms with van der Waals surface area (Å²) in [6.07, 6.45) is 6.15. The van der Waals surface area contributed by atoms with Gasteiger partial charge < -0.3 is 10.0 Å². The van der Waals surface area contributed by atoms with E-state index in [0.29, 0.717) is 0 Å². The predicted molar refractivity (Wildman–Crippen MR) is 86.7 cm³/mol. The van der Waals surface area contributed by atoms with Crippen molar-refractivity contribution in [1.29, 1.82) is 0 Å². The zero-order valence-corrected chi connectivity index (χ0v) is 13.2. The molecule has 20 heavy (non-hydrogen) atoms. The smallest absolute Gasteiger partial charge is 0.0675 e. The van der Waals surface area contributed by atoms with Gasteiger partial charge in [0.15, 0.2) is 0 Å². The van der Waals surface area contributed by atoms with Crippen LogP contribution in [0.1, 0.15) is 6.92 Å². The number of aliphatic hydroxyl groups is 1. The highest BCUT2D eigenvalue weighted by molar-refractivity contribution is 8.03. The normalized spacial score (nSPS) is 26.4. The van der Waals surface area contributed by atoms with Crippen molar-refractivity contribution in [1.82, 2.24) is 4.90 Å². The zero-order valence-electron chi connectivity index (χ0n) is 12.4. The van der Waals surface area contributed by atoms with Crippen molar-refractivity contribution in [2.24, 2.45) is 11.8 Å². The van der Waals surface area contributed by atoms with E-state index in [-0.39, 0.29) is 17.9 Å². The topological polar surface area (TPSA) is 23.5 Å². The summed E-state index contributed by atoms with van der Waals surface area (Å²) in [5, 5.41) is 10.4. The molecule has 0 saturated heterocycles. The minimum atomic E-state index is -0.317. The second-order valence-corrected chi connectivity index (χ2v) is 6.77. The van der Waals surface area contributed by atoms with Gasteiger partial charge in [0, 0.05) is 28.2 Å². The maximum Gasteiger partial charge on any atom is 0.0675 e. The number of nitrogens with zero attached hydrogens (tertiary/aromatic N) is 1. The summed E-state index contributed by atoms with van der Waals surface area (Å²) in [7, 11) is 4.10. The Balaban J connectivity index is 2.18. The zero-order chi connectivity index (χ0) is 14.5. The lowest BCUT2D eigenvalue weighted by molar-refractivity contribution is 0.0833. The van der Waals surface area contributed by atoms with Gasteiger partial charge in [-0.25, -0.2) is 0 Å². The first-order valence-electron chi connectivity index (χ1n) is 7.02. The van der Waals surface area contributed by atoms with Gasteiger partial charge in [-0.05, 0) is 26.2 Å². The minimum absolute atomic E-state index is 0.168. The fourth-order valence-electron chi connectivity index (χ4n) is 2.39. The van der Waals surface area contributed by atoms with Crippen molar-refractivity contribution in [2.45, 2.75) is 17.9 Å². The van der Waals surface area contributed by atoms with Crippen LogP contribution in [0.15, 0.2) is 58.4 Å². The van der Waals surface area contributed by atoms with Crippen LogP contribution < -0.4 is 0 Å². The van der Waals surface area contributed by atoms with Gasteiger partial charge in [-0.2, -0.15) is 0 Å². The number of thioether (sulfide) groups is 1. The first kappa shape index (κ1) is 15.4. The molecule has 0 bridgehead atoms. The van der Waals surface area contributed by atoms with Crippen LogP contribution in [0.2, 0.25) is 0 Å². The molecule has 108 valence electrons. The van der Waals surface area contributed by atoms with E-state index in [1.165, 1.54) is 9.80 Å². The van der Waals surface area contributed by atoms with Crippen LogP contribution in [0.25, 0.3) is 0 Å². The lowest BCUT2D eigenvalue weighted by Crippen LogP contribution is -2.32. The maximum absolute atomic E-state index is 10.4. The van der Waals surface area contributed by atoms with Crippen molar-refractivity contribution in [3.8, 4) is 0 Å². The van der Waals surface area contributed by atoms with E-state index in [9.17, 15) is 5.11 Å². The number of rotatable bonds is 4. The van der Waals surface area contributed by atoms with Crippen LogP contribution in [0, 0.1) is 11.8 Å². The number of benzene rings is 1. The molecule has 0 fully saturated rings. The summed E-state index contributed by atoms with van der Waals surface area (Å²) in [6.45, 7) is 2.94. The molecule has 0 aromatic heterocycles. The molecule has 3 atom stereocenters. The molecule has 0 spiro atoms. The van der Waals surface area contributed by atoms with Crippen molar-refractivity contribution in [3.05, 3.63) is 53.5 Å². The Bertz CT molecular complexity index is 481. The third-order valence-electron chi connectivity index (χ3n) is 3.47. The van der Waals surface area contributed by atoms with Crippen LogP contribution >= 0.6 is 11.8 Å². The lowest BCUT2D eigenvalue weighted by Gasteiger charge is -2.25. The number of aliphatic hydroxyl groups excluding tert-OH is 1. The van der Waals surface area contributed by atoms with Crippen LogP contribution in [-0.4, -0.2) is 36.8 Å². The number of hydrogen-bond donors (Lipinski definition) is 1. The second kappa shape index (κ2) is 7.11. The largest absolute Gasteiger partial charge is 0.392 e. The predicted octanol–water partition coefficient (Wildman–Crippen LogP) is 3.41. The highest BCUT2D eigenvalue weighted by Gasteiger charge is 2.24. The molecule has 0 amide bonds. The summed E-state index contributed by atoms with van der Waals surface area (Å²) < 4.78 is 0.